The molecule has 0 aliphatic rings. The number of rotatable bonds is 4. The van der Waals surface area contributed by atoms with Gasteiger partial charge in [-0.2, -0.15) is 5.26 Å². The molecular formula is C13H18N4O. The summed E-state index contributed by atoms with van der Waals surface area (Å²) < 4.78 is 0. The first-order valence-electron chi connectivity index (χ1n) is 5.80. The first kappa shape index (κ1) is 13.8. The van der Waals surface area contributed by atoms with Crippen molar-refractivity contribution < 1.29 is 4.79 Å². The van der Waals surface area contributed by atoms with Crippen molar-refractivity contribution in [3.8, 4) is 6.07 Å². The minimum absolute atomic E-state index is 0.0891. The van der Waals surface area contributed by atoms with Crippen LogP contribution in [0.5, 0.6) is 0 Å². The van der Waals surface area contributed by atoms with Crippen molar-refractivity contribution >= 4 is 17.3 Å². The molecule has 96 valence electrons. The molecular weight excluding hydrogens is 228 g/mol. The summed E-state index contributed by atoms with van der Waals surface area (Å²) in [6, 6.07) is 6.66. The van der Waals surface area contributed by atoms with Gasteiger partial charge in [-0.1, -0.05) is 0 Å². The maximum absolute atomic E-state index is 11.7. The average molecular weight is 246 g/mol. The first-order valence-corrected chi connectivity index (χ1v) is 5.80. The number of hydrogen-bond acceptors (Lipinski definition) is 4. The molecule has 0 aliphatic heterocycles. The van der Waals surface area contributed by atoms with E-state index in [1.54, 1.807) is 25.1 Å². The minimum atomic E-state index is -0.386. The predicted octanol–water partition coefficient (Wildman–Crippen LogP) is 1.47. The van der Waals surface area contributed by atoms with Crippen LogP contribution in [0.3, 0.4) is 0 Å². The van der Waals surface area contributed by atoms with E-state index < -0.39 is 0 Å². The Hall–Kier alpha value is -2.22. The van der Waals surface area contributed by atoms with Crippen LogP contribution in [0.4, 0.5) is 11.4 Å². The van der Waals surface area contributed by atoms with E-state index in [0.29, 0.717) is 16.9 Å². The van der Waals surface area contributed by atoms with E-state index in [9.17, 15) is 4.79 Å². The molecule has 0 radical (unpaired) electrons. The highest BCUT2D eigenvalue weighted by Gasteiger charge is 2.14. The molecule has 0 saturated heterocycles. The second-order valence-corrected chi connectivity index (χ2v) is 4.44. The van der Waals surface area contributed by atoms with Crippen molar-refractivity contribution in [3.05, 3.63) is 23.8 Å². The number of carbonyl (C=O) groups excluding carboxylic acids is 1. The van der Waals surface area contributed by atoms with E-state index in [2.05, 4.69) is 10.6 Å². The fourth-order valence-corrected chi connectivity index (χ4v) is 1.47. The van der Waals surface area contributed by atoms with E-state index >= 15 is 0 Å². The Bertz CT molecular complexity index is 476. The van der Waals surface area contributed by atoms with Crippen LogP contribution in [0, 0.1) is 11.3 Å². The molecule has 1 aromatic rings. The van der Waals surface area contributed by atoms with Crippen LogP contribution >= 0.6 is 0 Å². The van der Waals surface area contributed by atoms with Gasteiger partial charge in [0.05, 0.1) is 23.0 Å². The number of nitriles is 1. The highest BCUT2D eigenvalue weighted by molar-refractivity contribution is 5.85. The largest absolute Gasteiger partial charge is 0.397 e. The van der Waals surface area contributed by atoms with Crippen LogP contribution in [0.1, 0.15) is 26.3 Å². The SMILES string of the molecule is CC(C)NC(=O)C(C)Nc1ccc(C#N)cc1N. The molecule has 1 amide bonds. The number of nitrogens with one attached hydrogen (secondary N) is 2. The molecule has 1 unspecified atom stereocenters. The number of nitrogens with zero attached hydrogens (tertiary/aromatic N) is 1. The van der Waals surface area contributed by atoms with Crippen LogP contribution in [0.2, 0.25) is 0 Å². The highest BCUT2D eigenvalue weighted by atomic mass is 16.2. The van der Waals surface area contributed by atoms with Gasteiger partial charge in [0.15, 0.2) is 0 Å². The number of carbonyl (C=O) groups is 1. The molecule has 0 saturated carbocycles. The van der Waals surface area contributed by atoms with Gasteiger partial charge in [0.25, 0.3) is 0 Å². The van der Waals surface area contributed by atoms with E-state index in [4.69, 9.17) is 11.0 Å². The smallest absolute Gasteiger partial charge is 0.242 e. The summed E-state index contributed by atoms with van der Waals surface area (Å²) in [6.45, 7) is 5.57. The van der Waals surface area contributed by atoms with Crippen molar-refractivity contribution in [2.24, 2.45) is 0 Å². The van der Waals surface area contributed by atoms with Crippen molar-refractivity contribution in [3.63, 3.8) is 0 Å². The molecule has 0 bridgehead atoms. The van der Waals surface area contributed by atoms with Gasteiger partial charge in [-0.3, -0.25) is 4.79 Å². The molecule has 1 rings (SSSR count). The molecule has 1 atom stereocenters. The zero-order valence-corrected chi connectivity index (χ0v) is 10.8. The number of nitrogen functional groups attached to an aromatic ring is 1. The van der Waals surface area contributed by atoms with Crippen LogP contribution in [-0.4, -0.2) is 18.0 Å². The average Bonchev–Trinajstić information content (AvgIpc) is 2.30. The maximum atomic E-state index is 11.7. The summed E-state index contributed by atoms with van der Waals surface area (Å²) in [5.41, 5.74) is 7.41. The van der Waals surface area contributed by atoms with Gasteiger partial charge in [0.1, 0.15) is 6.04 Å². The van der Waals surface area contributed by atoms with Crippen molar-refractivity contribution in [2.45, 2.75) is 32.9 Å². The number of benzene rings is 1. The molecule has 0 spiro atoms. The van der Waals surface area contributed by atoms with Crippen LogP contribution < -0.4 is 16.4 Å². The molecule has 0 heterocycles. The lowest BCUT2D eigenvalue weighted by Crippen LogP contribution is -2.41. The Balaban J connectivity index is 2.73. The Morgan fingerprint density at radius 2 is 2.06 bits per heavy atom. The summed E-state index contributed by atoms with van der Waals surface area (Å²) in [5, 5.41) is 14.6. The summed E-state index contributed by atoms with van der Waals surface area (Å²) in [4.78, 5) is 11.7. The second kappa shape index (κ2) is 5.92. The molecule has 5 nitrogen and oxygen atoms in total. The minimum Gasteiger partial charge on any atom is -0.397 e. The summed E-state index contributed by atoms with van der Waals surface area (Å²) in [5.74, 6) is -0.0891. The summed E-state index contributed by atoms with van der Waals surface area (Å²) >= 11 is 0. The third-order valence-electron chi connectivity index (χ3n) is 2.38. The molecule has 1 aromatic carbocycles. The third-order valence-corrected chi connectivity index (χ3v) is 2.38. The van der Waals surface area contributed by atoms with Gasteiger partial charge in [-0.05, 0) is 39.0 Å². The lowest BCUT2D eigenvalue weighted by Gasteiger charge is -2.18. The second-order valence-electron chi connectivity index (χ2n) is 4.44. The number of hydrogen-bond donors (Lipinski definition) is 3. The van der Waals surface area contributed by atoms with Gasteiger partial charge in [0, 0.05) is 6.04 Å². The number of nitrogens with two attached hydrogens (primary N) is 1. The van der Waals surface area contributed by atoms with E-state index in [0.717, 1.165) is 0 Å². The van der Waals surface area contributed by atoms with Gasteiger partial charge in [-0.15, -0.1) is 0 Å². The Labute approximate surface area is 107 Å². The Morgan fingerprint density at radius 1 is 1.39 bits per heavy atom. The lowest BCUT2D eigenvalue weighted by molar-refractivity contribution is -0.122. The zero-order chi connectivity index (χ0) is 13.7. The molecule has 18 heavy (non-hydrogen) atoms. The Morgan fingerprint density at radius 3 is 2.56 bits per heavy atom. The zero-order valence-electron chi connectivity index (χ0n) is 10.8. The normalized spacial score (nSPS) is 11.7. The summed E-state index contributed by atoms with van der Waals surface area (Å²) in [7, 11) is 0. The highest BCUT2D eigenvalue weighted by Crippen LogP contribution is 2.20. The predicted molar refractivity (Wildman–Crippen MR) is 71.9 cm³/mol. The standard InChI is InChI=1S/C13H18N4O/c1-8(2)16-13(18)9(3)17-12-5-4-10(7-14)6-11(12)15/h4-6,8-9,17H,15H2,1-3H3,(H,16,18). The van der Waals surface area contributed by atoms with Gasteiger partial charge >= 0.3 is 0 Å². The third kappa shape index (κ3) is 3.67. The van der Waals surface area contributed by atoms with E-state index in [1.807, 2.05) is 19.9 Å². The van der Waals surface area contributed by atoms with Crippen molar-refractivity contribution in [1.29, 1.82) is 5.26 Å². The molecule has 0 fully saturated rings. The monoisotopic (exact) mass is 246 g/mol. The van der Waals surface area contributed by atoms with Crippen LogP contribution in [-0.2, 0) is 4.79 Å². The maximum Gasteiger partial charge on any atom is 0.242 e. The number of anilines is 2. The van der Waals surface area contributed by atoms with Crippen molar-refractivity contribution in [1.82, 2.24) is 5.32 Å². The topological polar surface area (TPSA) is 90.9 Å². The number of amides is 1. The lowest BCUT2D eigenvalue weighted by atomic mass is 10.1. The first-order chi connectivity index (χ1) is 8.43. The summed E-state index contributed by atoms with van der Waals surface area (Å²) in [6.07, 6.45) is 0. The molecule has 0 aromatic heterocycles. The van der Waals surface area contributed by atoms with Gasteiger partial charge < -0.3 is 16.4 Å². The van der Waals surface area contributed by atoms with Gasteiger partial charge in [-0.25, -0.2) is 0 Å². The fraction of sp³-hybridized carbons (Fsp3) is 0.385. The van der Waals surface area contributed by atoms with Crippen molar-refractivity contribution in [2.75, 3.05) is 11.1 Å². The van der Waals surface area contributed by atoms with Crippen LogP contribution in [0.25, 0.3) is 0 Å². The molecule has 4 N–H and O–H groups in total. The fourth-order valence-electron chi connectivity index (χ4n) is 1.47. The van der Waals surface area contributed by atoms with Crippen LogP contribution in [0.15, 0.2) is 18.2 Å². The van der Waals surface area contributed by atoms with E-state index in [-0.39, 0.29) is 18.0 Å². The molecule has 5 heteroatoms. The van der Waals surface area contributed by atoms with E-state index in [1.165, 1.54) is 0 Å². The Kier molecular flexibility index (Phi) is 4.55. The van der Waals surface area contributed by atoms with Gasteiger partial charge in [0.2, 0.25) is 5.91 Å². The molecule has 0 aliphatic carbocycles. The quantitative estimate of drug-likeness (QED) is 0.701.